The molecule has 6 heterocycles. The quantitative estimate of drug-likeness (QED) is 0.180. The van der Waals surface area contributed by atoms with Crippen LogP contribution in [0.25, 0.3) is 0 Å². The van der Waals surface area contributed by atoms with Crippen molar-refractivity contribution in [1.29, 1.82) is 0 Å². The van der Waals surface area contributed by atoms with Crippen molar-refractivity contribution in [1.82, 2.24) is 39.8 Å². The number of anilines is 4. The summed E-state index contributed by atoms with van der Waals surface area (Å²) in [5.74, 6) is -0.211. The number of rotatable bonds is 15. The molecule has 0 aliphatic carbocycles. The van der Waals surface area contributed by atoms with E-state index in [1.54, 1.807) is 36.3 Å². The molecule has 0 radical (unpaired) electrons. The average Bonchev–Trinajstić information content (AvgIpc) is 3.76. The van der Waals surface area contributed by atoms with Gasteiger partial charge < -0.3 is 40.6 Å². The van der Waals surface area contributed by atoms with E-state index < -0.39 is 23.5 Å². The summed E-state index contributed by atoms with van der Waals surface area (Å²) >= 11 is 0. The van der Waals surface area contributed by atoms with Crippen LogP contribution in [0.4, 0.5) is 27.8 Å². The predicted octanol–water partition coefficient (Wildman–Crippen LogP) is 0.643. The number of nitrogens with one attached hydrogen (secondary N) is 2. The molecule has 302 valence electrons. The zero-order valence-electron chi connectivity index (χ0n) is 32.3. The van der Waals surface area contributed by atoms with E-state index in [4.69, 9.17) is 15.5 Å². The lowest BCUT2D eigenvalue weighted by Crippen LogP contribution is -2.66. The highest BCUT2D eigenvalue weighted by atomic mass is 16.6. The molecule has 7 rings (SSSR count). The van der Waals surface area contributed by atoms with Gasteiger partial charge in [0.1, 0.15) is 12.1 Å². The molecule has 2 unspecified atom stereocenters. The number of likely N-dealkylation sites (N-methyl/N-ethyl adjacent to an activating group) is 1. The standard InChI is InChI=1S/C38H48N12O7/c1-40-32(53)9-7-29(20-52)46(3)36(55)30-8-6-27(11-25(30)19-51)49-15-24(16-49)14-47-21-38(22-47)23-50(37(56)57-38)28-5-4-10-48(18-28)31-13-41-33(34(39)54)35(44-31)43-26-12-42-45(2)17-26/h6,8,11-13,17,19-20,24,28-29H,4-5,7,9-10,14-16,18,21-23H2,1-3H3,(H2,39,54)(H,40,53)(H,43,44). The molecule has 4 N–H and O–H groups in total. The number of carbonyl (C=O) groups is 6. The molecule has 1 spiro atoms. The molecule has 3 aromatic rings. The summed E-state index contributed by atoms with van der Waals surface area (Å²) in [5, 5.41) is 9.75. The van der Waals surface area contributed by atoms with E-state index in [9.17, 15) is 28.8 Å². The number of aryl methyl sites for hydroxylation is 1. The molecule has 4 aliphatic rings. The molecule has 19 heteroatoms. The molecule has 0 bridgehead atoms. The fourth-order valence-electron chi connectivity index (χ4n) is 8.23. The summed E-state index contributed by atoms with van der Waals surface area (Å²) in [6.45, 7) is 5.45. The zero-order chi connectivity index (χ0) is 40.4. The van der Waals surface area contributed by atoms with Crippen LogP contribution >= 0.6 is 0 Å². The number of piperidine rings is 1. The Morgan fingerprint density at radius 2 is 1.91 bits per heavy atom. The highest BCUT2D eigenvalue weighted by Gasteiger charge is 2.55. The lowest BCUT2D eigenvalue weighted by atomic mass is 9.89. The molecule has 4 amide bonds. The summed E-state index contributed by atoms with van der Waals surface area (Å²) in [7, 11) is 4.78. The number of nitrogens with two attached hydrogens (primary N) is 1. The van der Waals surface area contributed by atoms with Gasteiger partial charge in [-0.25, -0.2) is 14.8 Å². The monoisotopic (exact) mass is 784 g/mol. The first-order valence-electron chi connectivity index (χ1n) is 19.1. The lowest BCUT2D eigenvalue weighted by Gasteiger charge is -2.50. The van der Waals surface area contributed by atoms with E-state index >= 15 is 0 Å². The van der Waals surface area contributed by atoms with Crippen molar-refractivity contribution in [3.63, 3.8) is 0 Å². The second kappa shape index (κ2) is 16.2. The summed E-state index contributed by atoms with van der Waals surface area (Å²) in [4.78, 5) is 92.7. The second-order valence-corrected chi connectivity index (χ2v) is 15.4. The van der Waals surface area contributed by atoms with Gasteiger partial charge in [0.15, 0.2) is 23.4 Å². The number of carbonyl (C=O) groups excluding carboxylic acids is 6. The van der Waals surface area contributed by atoms with Gasteiger partial charge in [-0.15, -0.1) is 0 Å². The van der Waals surface area contributed by atoms with Crippen molar-refractivity contribution in [3.05, 3.63) is 53.6 Å². The van der Waals surface area contributed by atoms with Crippen molar-refractivity contribution < 1.29 is 33.5 Å². The number of benzene rings is 1. The van der Waals surface area contributed by atoms with Gasteiger partial charge in [-0.3, -0.25) is 33.7 Å². The summed E-state index contributed by atoms with van der Waals surface area (Å²) in [6, 6.07) is 4.24. The van der Waals surface area contributed by atoms with E-state index in [1.807, 2.05) is 11.0 Å². The smallest absolute Gasteiger partial charge is 0.410 e. The molecule has 2 atom stereocenters. The van der Waals surface area contributed by atoms with Crippen molar-refractivity contribution >= 4 is 59.4 Å². The molecular weight excluding hydrogens is 736 g/mol. The molecule has 57 heavy (non-hydrogen) atoms. The molecule has 1 aromatic carbocycles. The van der Waals surface area contributed by atoms with E-state index in [-0.39, 0.29) is 53.5 Å². The van der Waals surface area contributed by atoms with Gasteiger partial charge in [0.25, 0.3) is 11.8 Å². The van der Waals surface area contributed by atoms with Gasteiger partial charge in [0.2, 0.25) is 5.91 Å². The first-order chi connectivity index (χ1) is 27.4. The Labute approximate surface area is 329 Å². The Kier molecular flexibility index (Phi) is 11.1. The fraction of sp³-hybridized carbons (Fsp3) is 0.500. The maximum Gasteiger partial charge on any atom is 0.410 e. The third-order valence-corrected chi connectivity index (χ3v) is 11.3. The number of hydrogen-bond donors (Lipinski definition) is 3. The minimum Gasteiger partial charge on any atom is -0.438 e. The van der Waals surface area contributed by atoms with Crippen LogP contribution in [0.2, 0.25) is 0 Å². The predicted molar refractivity (Wildman–Crippen MR) is 207 cm³/mol. The normalized spacial score (nSPS) is 19.7. The number of primary amides is 1. The summed E-state index contributed by atoms with van der Waals surface area (Å²) in [5.41, 5.74) is 6.95. The van der Waals surface area contributed by atoms with E-state index in [2.05, 4.69) is 35.4 Å². The van der Waals surface area contributed by atoms with Crippen LogP contribution in [0.15, 0.2) is 36.8 Å². The van der Waals surface area contributed by atoms with E-state index in [0.29, 0.717) is 62.7 Å². The van der Waals surface area contributed by atoms with Crippen molar-refractivity contribution in [2.75, 3.05) is 81.6 Å². The van der Waals surface area contributed by atoms with Crippen LogP contribution in [0.5, 0.6) is 0 Å². The SMILES string of the molecule is CNC(=O)CCC(C=O)N(C)C(=O)c1ccc(N2CC(CN3CC4(C3)CN(C3CCCN(c5cnc(C(N)=O)c(Nc6cnn(C)c6)n5)C3)C(=O)O4)C2)cc1C=O. The average molecular weight is 785 g/mol. The van der Waals surface area contributed by atoms with Crippen LogP contribution in [0.1, 0.15) is 56.9 Å². The molecule has 4 saturated heterocycles. The molecule has 19 nitrogen and oxygen atoms in total. The molecule has 2 aromatic heterocycles. The van der Waals surface area contributed by atoms with Crippen LogP contribution in [-0.4, -0.2) is 155 Å². The third kappa shape index (κ3) is 8.23. The topological polar surface area (TPSA) is 222 Å². The van der Waals surface area contributed by atoms with Gasteiger partial charge >= 0.3 is 6.09 Å². The Hall–Kier alpha value is -6.11. The van der Waals surface area contributed by atoms with Crippen LogP contribution in [0.3, 0.4) is 0 Å². The van der Waals surface area contributed by atoms with Crippen molar-refractivity contribution in [2.24, 2.45) is 18.7 Å². The summed E-state index contributed by atoms with van der Waals surface area (Å²) in [6.07, 6.45) is 7.80. The van der Waals surface area contributed by atoms with Crippen LogP contribution in [0, 0.1) is 5.92 Å². The van der Waals surface area contributed by atoms with Gasteiger partial charge in [-0.05, 0) is 37.5 Å². The molecule has 4 aliphatic heterocycles. The van der Waals surface area contributed by atoms with Crippen molar-refractivity contribution in [3.8, 4) is 0 Å². The third-order valence-electron chi connectivity index (χ3n) is 11.3. The first-order valence-corrected chi connectivity index (χ1v) is 19.1. The molecule has 4 fully saturated rings. The van der Waals surface area contributed by atoms with E-state index in [0.717, 1.165) is 38.2 Å². The molecular formula is C38H48N12O7. The molecule has 0 saturated carbocycles. The minimum atomic E-state index is -0.800. The van der Waals surface area contributed by atoms with Gasteiger partial charge in [0, 0.05) is 96.7 Å². The van der Waals surface area contributed by atoms with E-state index in [1.165, 1.54) is 25.2 Å². The Morgan fingerprint density at radius 3 is 2.60 bits per heavy atom. The van der Waals surface area contributed by atoms with Gasteiger partial charge in [-0.1, -0.05) is 0 Å². The highest BCUT2D eigenvalue weighted by Crippen LogP contribution is 2.37. The largest absolute Gasteiger partial charge is 0.438 e. The number of amides is 4. The number of ether oxygens (including phenoxy) is 1. The first kappa shape index (κ1) is 39.1. The number of aldehydes is 2. The van der Waals surface area contributed by atoms with Crippen LogP contribution in [-0.2, 0) is 21.4 Å². The second-order valence-electron chi connectivity index (χ2n) is 15.4. The van der Waals surface area contributed by atoms with Crippen LogP contribution < -0.4 is 26.2 Å². The van der Waals surface area contributed by atoms with Crippen molar-refractivity contribution in [2.45, 2.75) is 43.4 Å². The maximum atomic E-state index is 13.3. The number of aromatic nitrogens is 4. The Balaban J connectivity index is 0.897. The zero-order valence-corrected chi connectivity index (χ0v) is 32.3. The summed E-state index contributed by atoms with van der Waals surface area (Å²) < 4.78 is 7.64. The van der Waals surface area contributed by atoms with Gasteiger partial charge in [-0.2, -0.15) is 5.10 Å². The number of hydrogen-bond acceptors (Lipinski definition) is 14. The fourth-order valence-corrected chi connectivity index (χ4v) is 8.23. The minimum absolute atomic E-state index is 0.0203. The van der Waals surface area contributed by atoms with Gasteiger partial charge in [0.05, 0.1) is 42.3 Å². The highest BCUT2D eigenvalue weighted by molar-refractivity contribution is 6.03. The lowest BCUT2D eigenvalue weighted by molar-refractivity contribution is -0.121. The Bertz CT molecular complexity index is 2050. The Morgan fingerprint density at radius 1 is 1.12 bits per heavy atom. The number of likely N-dealkylation sites (tertiary alicyclic amines) is 1. The number of nitrogens with zero attached hydrogens (tertiary/aromatic N) is 9. The maximum absolute atomic E-state index is 13.3.